The van der Waals surface area contributed by atoms with Crippen LogP contribution in [0.15, 0.2) is 25.3 Å². The Labute approximate surface area is 113 Å². The van der Waals surface area contributed by atoms with Crippen LogP contribution in [0.2, 0.25) is 0 Å². The molecule has 0 spiro atoms. The molecule has 1 aliphatic rings. The molecule has 1 fully saturated rings. The molecule has 1 saturated carbocycles. The minimum atomic E-state index is 0.271. The summed E-state index contributed by atoms with van der Waals surface area (Å²) in [6, 6.07) is 0.596. The lowest BCUT2D eigenvalue weighted by Gasteiger charge is -2.49. The molecular formula is C16H30N2. The maximum atomic E-state index is 6.01. The molecule has 1 aliphatic carbocycles. The van der Waals surface area contributed by atoms with Crippen LogP contribution < -0.4 is 5.73 Å². The zero-order valence-electron chi connectivity index (χ0n) is 12.4. The largest absolute Gasteiger partial charge is 0.330 e. The van der Waals surface area contributed by atoms with E-state index in [2.05, 4.69) is 38.8 Å². The molecule has 0 amide bonds. The van der Waals surface area contributed by atoms with Crippen molar-refractivity contribution >= 4 is 0 Å². The number of nitrogens with zero attached hydrogens (tertiary/aromatic N) is 1. The van der Waals surface area contributed by atoms with Crippen LogP contribution >= 0.6 is 0 Å². The molecular weight excluding hydrogens is 220 g/mol. The van der Waals surface area contributed by atoms with Gasteiger partial charge in [0, 0.05) is 19.1 Å². The molecule has 18 heavy (non-hydrogen) atoms. The summed E-state index contributed by atoms with van der Waals surface area (Å²) in [7, 11) is 0. The van der Waals surface area contributed by atoms with Crippen LogP contribution in [0.4, 0.5) is 0 Å². The van der Waals surface area contributed by atoms with Gasteiger partial charge in [0.1, 0.15) is 0 Å². The number of hydrogen-bond acceptors (Lipinski definition) is 2. The summed E-state index contributed by atoms with van der Waals surface area (Å²) in [4.78, 5) is 2.48. The fraction of sp³-hybridized carbons (Fsp3) is 0.750. The molecule has 2 atom stereocenters. The Morgan fingerprint density at radius 3 is 2.17 bits per heavy atom. The highest BCUT2D eigenvalue weighted by molar-refractivity contribution is 4.97. The van der Waals surface area contributed by atoms with E-state index in [9.17, 15) is 0 Å². The van der Waals surface area contributed by atoms with Crippen LogP contribution in [0.25, 0.3) is 0 Å². The van der Waals surface area contributed by atoms with Crippen molar-refractivity contribution in [3.8, 4) is 0 Å². The van der Waals surface area contributed by atoms with Gasteiger partial charge in [0.15, 0.2) is 0 Å². The maximum absolute atomic E-state index is 6.01. The molecule has 104 valence electrons. The summed E-state index contributed by atoms with van der Waals surface area (Å²) >= 11 is 0. The molecule has 1 rings (SSSR count). The topological polar surface area (TPSA) is 29.3 Å². The second kappa shape index (κ2) is 6.03. The highest BCUT2D eigenvalue weighted by atomic mass is 15.1. The lowest BCUT2D eigenvalue weighted by Crippen LogP contribution is -2.49. The molecule has 0 aliphatic heterocycles. The third kappa shape index (κ3) is 3.96. The zero-order chi connectivity index (χ0) is 13.8. The second-order valence-electron chi connectivity index (χ2n) is 6.95. The average molecular weight is 250 g/mol. The van der Waals surface area contributed by atoms with Gasteiger partial charge in [0.2, 0.25) is 0 Å². The molecule has 2 unspecified atom stereocenters. The zero-order valence-corrected chi connectivity index (χ0v) is 12.4. The van der Waals surface area contributed by atoms with E-state index >= 15 is 0 Å². The Bertz CT molecular complexity index is 285. The first kappa shape index (κ1) is 15.5. The molecule has 2 nitrogen and oxygen atoms in total. The highest BCUT2D eigenvalue weighted by Gasteiger charge is 2.41. The van der Waals surface area contributed by atoms with E-state index < -0.39 is 0 Å². The predicted octanol–water partition coefficient (Wildman–Crippen LogP) is 3.20. The van der Waals surface area contributed by atoms with Crippen molar-refractivity contribution in [2.45, 2.75) is 46.1 Å². The Morgan fingerprint density at radius 2 is 1.72 bits per heavy atom. The first-order valence-corrected chi connectivity index (χ1v) is 7.02. The van der Waals surface area contributed by atoms with Crippen LogP contribution in [0.3, 0.4) is 0 Å². The fourth-order valence-corrected chi connectivity index (χ4v) is 3.70. The first-order chi connectivity index (χ1) is 8.36. The smallest absolute Gasteiger partial charge is 0.0166 e. The molecule has 0 heterocycles. The molecule has 0 aromatic heterocycles. The first-order valence-electron chi connectivity index (χ1n) is 7.02. The Hall–Kier alpha value is -0.600. The highest BCUT2D eigenvalue weighted by Crippen LogP contribution is 2.46. The van der Waals surface area contributed by atoms with E-state index in [4.69, 9.17) is 5.73 Å². The number of rotatable bonds is 6. The van der Waals surface area contributed by atoms with E-state index in [-0.39, 0.29) is 5.41 Å². The standard InChI is InChI=1S/C16H30N2/c1-6-8-18(9-7-2)14-10-15(3,4)12-16(5,11-14)13-17/h6-7,14H,1-2,8-13,17H2,3-5H3. The summed E-state index contributed by atoms with van der Waals surface area (Å²) in [5.74, 6) is 0. The van der Waals surface area contributed by atoms with Crippen molar-refractivity contribution in [3.05, 3.63) is 25.3 Å². The summed E-state index contributed by atoms with van der Waals surface area (Å²) in [6.45, 7) is 17.5. The van der Waals surface area contributed by atoms with Crippen LogP contribution in [-0.2, 0) is 0 Å². The molecule has 2 N–H and O–H groups in total. The number of nitrogens with two attached hydrogens (primary N) is 1. The van der Waals surface area contributed by atoms with Gasteiger partial charge in [0.05, 0.1) is 0 Å². The molecule has 0 saturated heterocycles. The third-order valence-electron chi connectivity index (χ3n) is 4.16. The van der Waals surface area contributed by atoms with E-state index in [1.54, 1.807) is 0 Å². The van der Waals surface area contributed by atoms with Gasteiger partial charge < -0.3 is 5.73 Å². The van der Waals surface area contributed by atoms with Gasteiger partial charge >= 0.3 is 0 Å². The summed E-state index contributed by atoms with van der Waals surface area (Å²) in [5.41, 5.74) is 6.65. The van der Waals surface area contributed by atoms with Crippen molar-refractivity contribution < 1.29 is 0 Å². The monoisotopic (exact) mass is 250 g/mol. The van der Waals surface area contributed by atoms with Crippen LogP contribution in [-0.4, -0.2) is 30.6 Å². The van der Waals surface area contributed by atoms with Gasteiger partial charge in [-0.25, -0.2) is 0 Å². The van der Waals surface area contributed by atoms with Crippen molar-refractivity contribution in [1.29, 1.82) is 0 Å². The summed E-state index contributed by atoms with van der Waals surface area (Å²) in [5, 5.41) is 0. The predicted molar refractivity (Wildman–Crippen MR) is 80.5 cm³/mol. The van der Waals surface area contributed by atoms with Crippen molar-refractivity contribution in [2.24, 2.45) is 16.6 Å². The van der Waals surface area contributed by atoms with Gasteiger partial charge in [-0.05, 0) is 36.6 Å². The van der Waals surface area contributed by atoms with Crippen LogP contribution in [0, 0.1) is 10.8 Å². The molecule has 0 aromatic rings. The van der Waals surface area contributed by atoms with Gasteiger partial charge in [-0.2, -0.15) is 0 Å². The summed E-state index contributed by atoms with van der Waals surface area (Å²) in [6.07, 6.45) is 7.64. The third-order valence-corrected chi connectivity index (χ3v) is 4.16. The van der Waals surface area contributed by atoms with Crippen molar-refractivity contribution in [3.63, 3.8) is 0 Å². The van der Waals surface area contributed by atoms with Gasteiger partial charge in [-0.3, -0.25) is 4.90 Å². The minimum absolute atomic E-state index is 0.271. The lowest BCUT2D eigenvalue weighted by atomic mass is 9.62. The van der Waals surface area contributed by atoms with E-state index in [0.29, 0.717) is 11.5 Å². The molecule has 0 bridgehead atoms. The van der Waals surface area contributed by atoms with Gasteiger partial charge in [0.25, 0.3) is 0 Å². The van der Waals surface area contributed by atoms with Gasteiger partial charge in [-0.1, -0.05) is 32.9 Å². The quantitative estimate of drug-likeness (QED) is 0.734. The summed E-state index contributed by atoms with van der Waals surface area (Å²) < 4.78 is 0. The normalized spacial score (nSPS) is 31.3. The van der Waals surface area contributed by atoms with E-state index in [0.717, 1.165) is 19.6 Å². The maximum Gasteiger partial charge on any atom is 0.0166 e. The molecule has 2 heteroatoms. The van der Waals surface area contributed by atoms with E-state index in [1.165, 1.54) is 19.3 Å². The van der Waals surface area contributed by atoms with E-state index in [1.807, 2.05) is 12.2 Å². The van der Waals surface area contributed by atoms with Crippen molar-refractivity contribution in [1.82, 2.24) is 4.90 Å². The van der Waals surface area contributed by atoms with Crippen LogP contribution in [0.5, 0.6) is 0 Å². The van der Waals surface area contributed by atoms with Gasteiger partial charge in [-0.15, -0.1) is 13.2 Å². The Balaban J connectivity index is 2.85. The van der Waals surface area contributed by atoms with Crippen LogP contribution in [0.1, 0.15) is 40.0 Å². The second-order valence-corrected chi connectivity index (χ2v) is 6.95. The fourth-order valence-electron chi connectivity index (χ4n) is 3.70. The molecule has 0 radical (unpaired) electrons. The van der Waals surface area contributed by atoms with Crippen molar-refractivity contribution in [2.75, 3.05) is 19.6 Å². The average Bonchev–Trinajstić information content (AvgIpc) is 2.26. The lowest BCUT2D eigenvalue weighted by molar-refractivity contribution is 0.0286. The number of hydrogen-bond donors (Lipinski definition) is 1. The Morgan fingerprint density at radius 1 is 1.17 bits per heavy atom. The SMILES string of the molecule is C=CCN(CC=C)C1CC(C)(C)CC(C)(CN)C1. The molecule has 0 aromatic carbocycles. The Kier molecular flexibility index (Phi) is 5.18. The minimum Gasteiger partial charge on any atom is -0.330 e.